The molecule has 88 valence electrons. The summed E-state index contributed by atoms with van der Waals surface area (Å²) in [5.74, 6) is 0.231. The fraction of sp³-hybridized carbons (Fsp3) is 0.231. The van der Waals surface area contributed by atoms with E-state index in [9.17, 15) is 4.79 Å². The van der Waals surface area contributed by atoms with Crippen LogP contribution in [0.25, 0.3) is 6.08 Å². The van der Waals surface area contributed by atoms with E-state index in [0.717, 1.165) is 5.56 Å². The molecule has 0 aliphatic carbocycles. The summed E-state index contributed by atoms with van der Waals surface area (Å²) >= 11 is 0. The van der Waals surface area contributed by atoms with Gasteiger partial charge in [-0.05, 0) is 17.7 Å². The average Bonchev–Trinajstić information content (AvgIpc) is 2.38. The molecule has 0 spiro atoms. The molecule has 4 heteroatoms. The van der Waals surface area contributed by atoms with Crippen LogP contribution in [-0.4, -0.2) is 20.2 Å². The van der Waals surface area contributed by atoms with Crippen molar-refractivity contribution in [2.75, 3.05) is 14.2 Å². The lowest BCUT2D eigenvalue weighted by Crippen LogP contribution is -1.96. The zero-order chi connectivity index (χ0) is 12.7. The molecule has 0 radical (unpaired) electrons. The van der Waals surface area contributed by atoms with Crippen LogP contribution >= 0.6 is 0 Å². The molecule has 0 amide bonds. The Hall–Kier alpha value is -2.28. The Morgan fingerprint density at radius 1 is 1.47 bits per heavy atom. The summed E-state index contributed by atoms with van der Waals surface area (Å²) in [7, 11) is 2.86. The summed E-state index contributed by atoms with van der Waals surface area (Å²) in [4.78, 5) is 10.9. The normalized spacial score (nSPS) is 9.94. The molecule has 0 heterocycles. The van der Waals surface area contributed by atoms with Gasteiger partial charge in [-0.2, -0.15) is 5.26 Å². The second-order valence-corrected chi connectivity index (χ2v) is 3.25. The highest BCUT2D eigenvalue weighted by atomic mass is 16.5. The molecule has 0 saturated carbocycles. The fourth-order valence-corrected chi connectivity index (χ4v) is 1.28. The molecule has 0 saturated heterocycles. The summed E-state index contributed by atoms with van der Waals surface area (Å²) in [6, 6.07) is 7.24. The monoisotopic (exact) mass is 231 g/mol. The zero-order valence-corrected chi connectivity index (χ0v) is 9.77. The molecule has 1 rings (SSSR count). The number of esters is 1. The number of hydrogen-bond donors (Lipinski definition) is 0. The summed E-state index contributed by atoms with van der Waals surface area (Å²) in [6.45, 7) is 0. The Morgan fingerprint density at radius 3 is 2.82 bits per heavy atom. The van der Waals surface area contributed by atoms with Gasteiger partial charge in [-0.15, -0.1) is 0 Å². The Labute approximate surface area is 100 Å². The molecule has 0 aliphatic heterocycles. The minimum Gasteiger partial charge on any atom is -0.495 e. The van der Waals surface area contributed by atoms with E-state index < -0.39 is 0 Å². The lowest BCUT2D eigenvalue weighted by molar-refractivity contribution is -0.139. The van der Waals surface area contributed by atoms with E-state index >= 15 is 0 Å². The summed E-state index contributed by atoms with van der Waals surface area (Å²) < 4.78 is 9.59. The minimum absolute atomic E-state index is 0.221. The Balaban J connectivity index is 2.80. The van der Waals surface area contributed by atoms with Gasteiger partial charge in [0.1, 0.15) is 11.8 Å². The maximum absolute atomic E-state index is 10.9. The number of carbonyl (C=O) groups is 1. The van der Waals surface area contributed by atoms with E-state index in [1.807, 2.05) is 6.07 Å². The highest BCUT2D eigenvalue weighted by Gasteiger charge is 2.01. The van der Waals surface area contributed by atoms with Crippen molar-refractivity contribution in [3.8, 4) is 11.8 Å². The van der Waals surface area contributed by atoms with E-state index in [1.165, 1.54) is 14.2 Å². The molecule has 1 aromatic carbocycles. The first-order valence-corrected chi connectivity index (χ1v) is 5.02. The molecule has 17 heavy (non-hydrogen) atoms. The van der Waals surface area contributed by atoms with E-state index in [4.69, 9.17) is 10.00 Å². The predicted octanol–water partition coefficient (Wildman–Crippen LogP) is 2.14. The molecule has 0 bridgehead atoms. The van der Waals surface area contributed by atoms with E-state index in [-0.39, 0.29) is 12.4 Å². The van der Waals surface area contributed by atoms with Crippen molar-refractivity contribution in [3.05, 3.63) is 35.4 Å². The van der Waals surface area contributed by atoms with E-state index in [0.29, 0.717) is 11.3 Å². The van der Waals surface area contributed by atoms with Crippen LogP contribution in [0, 0.1) is 11.3 Å². The lowest BCUT2D eigenvalue weighted by Gasteiger charge is -2.03. The first-order chi connectivity index (χ1) is 8.21. The van der Waals surface area contributed by atoms with Gasteiger partial charge in [0.25, 0.3) is 0 Å². The van der Waals surface area contributed by atoms with Crippen molar-refractivity contribution in [2.45, 2.75) is 6.42 Å². The van der Waals surface area contributed by atoms with E-state index in [2.05, 4.69) is 4.74 Å². The Kier molecular flexibility index (Phi) is 4.77. The zero-order valence-electron chi connectivity index (χ0n) is 9.77. The van der Waals surface area contributed by atoms with Gasteiger partial charge in [-0.25, -0.2) is 0 Å². The third kappa shape index (κ3) is 3.65. The van der Waals surface area contributed by atoms with E-state index in [1.54, 1.807) is 30.4 Å². The van der Waals surface area contributed by atoms with Crippen molar-refractivity contribution >= 4 is 12.0 Å². The van der Waals surface area contributed by atoms with Gasteiger partial charge in [0.2, 0.25) is 0 Å². The van der Waals surface area contributed by atoms with Gasteiger partial charge in [0.15, 0.2) is 0 Å². The number of nitrogens with zero attached hydrogens (tertiary/aromatic N) is 1. The molecule has 0 atom stereocenters. The van der Waals surface area contributed by atoms with Crippen molar-refractivity contribution in [1.82, 2.24) is 0 Å². The number of benzene rings is 1. The van der Waals surface area contributed by atoms with Crippen molar-refractivity contribution in [2.24, 2.45) is 0 Å². The van der Waals surface area contributed by atoms with Crippen LogP contribution in [0.1, 0.15) is 17.5 Å². The van der Waals surface area contributed by atoms with Crippen LogP contribution in [0.3, 0.4) is 0 Å². The molecule has 1 aromatic rings. The summed E-state index contributed by atoms with van der Waals surface area (Å²) in [5, 5.41) is 8.81. The highest BCUT2D eigenvalue weighted by molar-refractivity contribution is 5.72. The largest absolute Gasteiger partial charge is 0.495 e. The fourth-order valence-electron chi connectivity index (χ4n) is 1.28. The summed E-state index contributed by atoms with van der Waals surface area (Å²) in [6.07, 6.45) is 3.70. The van der Waals surface area contributed by atoms with Gasteiger partial charge in [0.05, 0.1) is 26.2 Å². The van der Waals surface area contributed by atoms with Crippen LogP contribution in [-0.2, 0) is 9.53 Å². The standard InChI is InChI=1S/C13H13NO3/c1-16-12-8-10(6-7-11(12)9-14)4-3-5-13(15)17-2/h3-4,6-8H,5H2,1-2H3. The third-order valence-electron chi connectivity index (χ3n) is 2.17. The molecule has 4 nitrogen and oxygen atoms in total. The number of rotatable bonds is 4. The quantitative estimate of drug-likeness (QED) is 0.745. The second kappa shape index (κ2) is 6.33. The van der Waals surface area contributed by atoms with Crippen LogP contribution in [0.4, 0.5) is 0 Å². The molecule has 0 fully saturated rings. The number of nitriles is 1. The van der Waals surface area contributed by atoms with Crippen LogP contribution in [0.15, 0.2) is 24.3 Å². The number of methoxy groups -OCH3 is 2. The van der Waals surface area contributed by atoms with Gasteiger partial charge in [-0.1, -0.05) is 18.2 Å². The minimum atomic E-state index is -0.290. The Bertz CT molecular complexity index is 472. The van der Waals surface area contributed by atoms with Crippen molar-refractivity contribution in [3.63, 3.8) is 0 Å². The van der Waals surface area contributed by atoms with Gasteiger partial charge < -0.3 is 9.47 Å². The Morgan fingerprint density at radius 2 is 2.24 bits per heavy atom. The number of hydrogen-bond acceptors (Lipinski definition) is 4. The molecular weight excluding hydrogens is 218 g/mol. The van der Waals surface area contributed by atoms with Crippen molar-refractivity contribution < 1.29 is 14.3 Å². The molecule has 0 aliphatic rings. The molecule has 0 aromatic heterocycles. The maximum Gasteiger partial charge on any atom is 0.309 e. The molecule has 0 unspecified atom stereocenters. The topological polar surface area (TPSA) is 59.3 Å². The van der Waals surface area contributed by atoms with Crippen molar-refractivity contribution in [1.29, 1.82) is 5.26 Å². The lowest BCUT2D eigenvalue weighted by atomic mass is 10.1. The SMILES string of the molecule is COC(=O)CC=Cc1ccc(C#N)c(OC)c1. The number of carbonyl (C=O) groups excluding carboxylic acids is 1. The van der Waals surface area contributed by atoms with Crippen LogP contribution in [0.5, 0.6) is 5.75 Å². The van der Waals surface area contributed by atoms with Crippen LogP contribution in [0.2, 0.25) is 0 Å². The molecule has 0 N–H and O–H groups in total. The first-order valence-electron chi connectivity index (χ1n) is 5.02. The van der Waals surface area contributed by atoms with Gasteiger partial charge >= 0.3 is 5.97 Å². The maximum atomic E-state index is 10.9. The average molecular weight is 231 g/mol. The smallest absolute Gasteiger partial charge is 0.309 e. The second-order valence-electron chi connectivity index (χ2n) is 3.25. The summed E-state index contributed by atoms with van der Waals surface area (Å²) in [5.41, 5.74) is 1.35. The van der Waals surface area contributed by atoms with Gasteiger partial charge in [0, 0.05) is 0 Å². The predicted molar refractivity (Wildman–Crippen MR) is 63.4 cm³/mol. The third-order valence-corrected chi connectivity index (χ3v) is 2.17. The van der Waals surface area contributed by atoms with Crippen LogP contribution < -0.4 is 4.74 Å². The molecular formula is C13H13NO3. The van der Waals surface area contributed by atoms with Gasteiger partial charge in [-0.3, -0.25) is 4.79 Å². The highest BCUT2D eigenvalue weighted by Crippen LogP contribution is 2.20. The first kappa shape index (κ1) is 12.8. The number of ether oxygens (including phenoxy) is 2.